The molecule has 3 aromatic carbocycles. The maximum absolute atomic E-state index is 12.7. The Labute approximate surface area is 194 Å². The van der Waals surface area contributed by atoms with Crippen molar-refractivity contribution in [2.45, 2.75) is 12.2 Å². The van der Waals surface area contributed by atoms with Crippen LogP contribution in [0.4, 0.5) is 11.5 Å². The van der Waals surface area contributed by atoms with E-state index in [1.165, 1.54) is 17.8 Å². The van der Waals surface area contributed by atoms with Crippen LogP contribution in [-0.4, -0.2) is 26.4 Å². The second-order valence-corrected chi connectivity index (χ2v) is 8.91. The number of hydrogen-bond donors (Lipinski definition) is 1. The summed E-state index contributed by atoms with van der Waals surface area (Å²) in [5, 5.41) is 19.1. The fourth-order valence-electron chi connectivity index (χ4n) is 3.96. The highest BCUT2D eigenvalue weighted by molar-refractivity contribution is 8.00. The molecule has 0 spiro atoms. The van der Waals surface area contributed by atoms with Crippen LogP contribution in [0.15, 0.2) is 78.9 Å². The van der Waals surface area contributed by atoms with Crippen molar-refractivity contribution in [3.63, 3.8) is 0 Å². The molecule has 0 aliphatic carbocycles. The lowest BCUT2D eigenvalue weighted by molar-refractivity contribution is -0.384. The summed E-state index contributed by atoms with van der Waals surface area (Å²) in [7, 11) is 0. The molecule has 164 valence electrons. The third-order valence-electron chi connectivity index (χ3n) is 5.53. The van der Waals surface area contributed by atoms with E-state index in [2.05, 4.69) is 5.32 Å². The number of hydrogen-bond acceptors (Lipinski definition) is 5. The normalized spacial score (nSPS) is 15.4. The van der Waals surface area contributed by atoms with Crippen LogP contribution in [0.3, 0.4) is 0 Å². The summed E-state index contributed by atoms with van der Waals surface area (Å²) in [6.07, 6.45) is 0. The van der Waals surface area contributed by atoms with Gasteiger partial charge in [-0.15, -0.1) is 11.8 Å². The first-order valence-corrected chi connectivity index (χ1v) is 11.5. The summed E-state index contributed by atoms with van der Waals surface area (Å²) in [6, 6.07) is 24.3. The predicted molar refractivity (Wildman–Crippen MR) is 130 cm³/mol. The second kappa shape index (κ2) is 8.55. The first-order valence-electron chi connectivity index (χ1n) is 10.4. The Morgan fingerprint density at radius 1 is 1.06 bits per heavy atom. The molecule has 0 radical (unpaired) electrons. The van der Waals surface area contributed by atoms with E-state index in [1.54, 1.807) is 16.8 Å². The second-order valence-electron chi connectivity index (χ2n) is 7.82. The molecule has 1 N–H and O–H groups in total. The summed E-state index contributed by atoms with van der Waals surface area (Å²) in [5.74, 6) is 0.677. The topological polar surface area (TPSA) is 90.1 Å². The van der Waals surface area contributed by atoms with Gasteiger partial charge in [0.2, 0.25) is 5.91 Å². The van der Waals surface area contributed by atoms with Crippen molar-refractivity contribution in [1.82, 2.24) is 9.78 Å². The zero-order valence-electron chi connectivity index (χ0n) is 17.8. The van der Waals surface area contributed by atoms with E-state index < -0.39 is 4.92 Å². The van der Waals surface area contributed by atoms with Crippen LogP contribution in [0.5, 0.6) is 0 Å². The van der Waals surface area contributed by atoms with Crippen LogP contribution < -0.4 is 5.32 Å². The van der Waals surface area contributed by atoms with E-state index in [1.807, 2.05) is 67.6 Å². The number of nitrogens with zero attached hydrogens (tertiary/aromatic N) is 3. The monoisotopic (exact) mass is 456 g/mol. The molecule has 1 amide bonds. The number of amides is 1. The first-order chi connectivity index (χ1) is 16.0. The molecule has 7 nitrogen and oxygen atoms in total. The molecule has 1 aromatic heterocycles. The number of fused-ring (bicyclic) bond motifs is 1. The van der Waals surface area contributed by atoms with Crippen LogP contribution in [-0.2, 0) is 4.79 Å². The van der Waals surface area contributed by atoms with Gasteiger partial charge in [0.15, 0.2) is 0 Å². The molecule has 0 bridgehead atoms. The lowest BCUT2D eigenvalue weighted by atomic mass is 9.99. The maximum atomic E-state index is 12.7. The van der Waals surface area contributed by atoms with Crippen LogP contribution in [0, 0.1) is 17.0 Å². The van der Waals surface area contributed by atoms with E-state index >= 15 is 0 Å². The Bertz CT molecular complexity index is 1350. The van der Waals surface area contributed by atoms with Crippen LogP contribution in [0.25, 0.3) is 16.9 Å². The summed E-state index contributed by atoms with van der Waals surface area (Å²) < 4.78 is 1.76. The van der Waals surface area contributed by atoms with Crippen molar-refractivity contribution in [2.75, 3.05) is 11.1 Å². The fraction of sp³-hybridized carbons (Fsp3) is 0.120. The van der Waals surface area contributed by atoms with Gasteiger partial charge < -0.3 is 5.32 Å². The van der Waals surface area contributed by atoms with Gasteiger partial charge >= 0.3 is 0 Å². The van der Waals surface area contributed by atoms with E-state index in [4.69, 9.17) is 5.10 Å². The van der Waals surface area contributed by atoms with Crippen LogP contribution in [0.2, 0.25) is 0 Å². The molecule has 4 aromatic rings. The van der Waals surface area contributed by atoms with E-state index in [0.29, 0.717) is 5.82 Å². The van der Waals surface area contributed by atoms with Gasteiger partial charge in [-0.25, -0.2) is 4.68 Å². The highest BCUT2D eigenvalue weighted by atomic mass is 32.2. The lowest BCUT2D eigenvalue weighted by Gasteiger charge is -2.16. The predicted octanol–water partition coefficient (Wildman–Crippen LogP) is 5.53. The van der Waals surface area contributed by atoms with Crippen molar-refractivity contribution in [3.05, 3.63) is 106 Å². The number of aromatic nitrogens is 2. The van der Waals surface area contributed by atoms with Crippen molar-refractivity contribution in [2.24, 2.45) is 0 Å². The van der Waals surface area contributed by atoms with E-state index in [0.717, 1.165) is 33.6 Å². The molecule has 1 atom stereocenters. The van der Waals surface area contributed by atoms with Crippen molar-refractivity contribution < 1.29 is 9.72 Å². The minimum absolute atomic E-state index is 0.0189. The number of nitrogens with one attached hydrogen (secondary N) is 1. The number of benzene rings is 3. The first kappa shape index (κ1) is 21.0. The van der Waals surface area contributed by atoms with Gasteiger partial charge in [0.05, 0.1) is 27.3 Å². The number of non-ortho nitro benzene ring substituents is 1. The van der Waals surface area contributed by atoms with Crippen molar-refractivity contribution in [3.8, 4) is 16.9 Å². The molecule has 2 heterocycles. The van der Waals surface area contributed by atoms with Crippen molar-refractivity contribution in [1.29, 1.82) is 0 Å². The van der Waals surface area contributed by atoms with E-state index in [9.17, 15) is 14.9 Å². The number of carbonyl (C=O) groups is 1. The van der Waals surface area contributed by atoms with Gasteiger partial charge in [-0.05, 0) is 24.6 Å². The number of carbonyl (C=O) groups excluding carboxylic acids is 1. The summed E-state index contributed by atoms with van der Waals surface area (Å²) in [5.41, 5.74) is 5.19. The zero-order valence-corrected chi connectivity index (χ0v) is 18.6. The quantitative estimate of drug-likeness (QED) is 0.322. The smallest absolute Gasteiger partial charge is 0.269 e. The highest BCUT2D eigenvalue weighted by Gasteiger charge is 2.33. The highest BCUT2D eigenvalue weighted by Crippen LogP contribution is 2.47. The zero-order chi connectivity index (χ0) is 22.9. The molecule has 33 heavy (non-hydrogen) atoms. The van der Waals surface area contributed by atoms with Crippen molar-refractivity contribution >= 4 is 29.2 Å². The van der Waals surface area contributed by atoms with Gasteiger partial charge in [0.1, 0.15) is 5.82 Å². The molecular weight excluding hydrogens is 436 g/mol. The minimum atomic E-state index is -0.400. The molecule has 1 aliphatic rings. The molecule has 0 saturated carbocycles. The van der Waals surface area contributed by atoms with Gasteiger partial charge in [-0.1, -0.05) is 60.2 Å². The number of nitro benzene ring substituents is 1. The van der Waals surface area contributed by atoms with Gasteiger partial charge in [0.25, 0.3) is 5.69 Å². The molecular formula is C25H20N4O3S. The Balaban J connectivity index is 1.77. The average molecular weight is 457 g/mol. The Hall–Kier alpha value is -3.91. The largest absolute Gasteiger partial charge is 0.310 e. The number of aryl methyl sites for hydroxylation is 1. The van der Waals surface area contributed by atoms with Crippen LogP contribution in [0.1, 0.15) is 21.9 Å². The molecule has 1 aliphatic heterocycles. The molecule has 0 fully saturated rings. The number of thioether (sulfide) groups is 1. The summed E-state index contributed by atoms with van der Waals surface area (Å²) >= 11 is 1.44. The standard InChI is InChI=1S/C25H20N4O3S/c1-16-10-12-19(13-11-16)28-25-22(23(27-28)17-6-3-2-4-7-17)24(33-15-21(30)26-25)18-8-5-9-20(14-18)29(31)32/h2-14,24H,15H2,1H3,(H,26,30)/t24-/m0/s1. The third kappa shape index (κ3) is 4.01. The van der Waals surface area contributed by atoms with E-state index in [-0.39, 0.29) is 22.6 Å². The minimum Gasteiger partial charge on any atom is -0.310 e. The average Bonchev–Trinajstić information content (AvgIpc) is 3.10. The van der Waals surface area contributed by atoms with Gasteiger partial charge in [-0.2, -0.15) is 5.10 Å². The molecule has 0 saturated heterocycles. The third-order valence-corrected chi connectivity index (χ3v) is 6.80. The number of rotatable bonds is 4. The maximum Gasteiger partial charge on any atom is 0.269 e. The number of nitro groups is 1. The van der Waals surface area contributed by atoms with Gasteiger partial charge in [0, 0.05) is 23.3 Å². The molecule has 0 unspecified atom stereocenters. The number of anilines is 1. The summed E-state index contributed by atoms with van der Waals surface area (Å²) in [6.45, 7) is 2.01. The Morgan fingerprint density at radius 2 is 1.82 bits per heavy atom. The summed E-state index contributed by atoms with van der Waals surface area (Å²) in [4.78, 5) is 23.7. The Kier molecular flexibility index (Phi) is 5.43. The molecule has 8 heteroatoms. The SMILES string of the molecule is Cc1ccc(-n2nc(-c3ccccc3)c3c2NC(=O)CS[C@H]3c2cccc([N+](=O)[O-])c2)cc1. The Morgan fingerprint density at radius 3 is 2.55 bits per heavy atom. The van der Waals surface area contributed by atoms with Gasteiger partial charge in [-0.3, -0.25) is 14.9 Å². The fourth-order valence-corrected chi connectivity index (χ4v) is 5.07. The lowest BCUT2D eigenvalue weighted by Crippen LogP contribution is -2.15. The van der Waals surface area contributed by atoms with Crippen LogP contribution >= 0.6 is 11.8 Å². The molecule has 5 rings (SSSR count).